The van der Waals surface area contributed by atoms with Crippen LogP contribution in [-0.4, -0.2) is 40.0 Å². The van der Waals surface area contributed by atoms with Gasteiger partial charge in [0.1, 0.15) is 5.82 Å². The van der Waals surface area contributed by atoms with Crippen LogP contribution in [0.25, 0.3) is 0 Å². The SMILES string of the molecule is CCC1CNC(C(C)C)CN1Cc1ncccn1. The predicted octanol–water partition coefficient (Wildman–Crippen LogP) is 1.68. The summed E-state index contributed by atoms with van der Waals surface area (Å²) in [6.07, 6.45) is 4.82. The van der Waals surface area contributed by atoms with E-state index in [1.54, 1.807) is 0 Å². The molecule has 1 N–H and O–H groups in total. The lowest BCUT2D eigenvalue weighted by Gasteiger charge is -2.41. The molecule has 1 fully saturated rings. The van der Waals surface area contributed by atoms with Crippen LogP contribution < -0.4 is 5.32 Å². The van der Waals surface area contributed by atoms with E-state index in [-0.39, 0.29) is 0 Å². The van der Waals surface area contributed by atoms with Crippen molar-refractivity contribution in [2.75, 3.05) is 13.1 Å². The van der Waals surface area contributed by atoms with E-state index in [4.69, 9.17) is 0 Å². The Morgan fingerprint density at radius 2 is 2.11 bits per heavy atom. The van der Waals surface area contributed by atoms with Gasteiger partial charge in [0, 0.05) is 37.6 Å². The summed E-state index contributed by atoms with van der Waals surface area (Å²) in [7, 11) is 0. The van der Waals surface area contributed by atoms with Gasteiger partial charge < -0.3 is 5.32 Å². The minimum Gasteiger partial charge on any atom is -0.311 e. The molecule has 1 aromatic heterocycles. The first-order valence-electron chi connectivity index (χ1n) is 6.94. The molecule has 0 amide bonds. The van der Waals surface area contributed by atoms with Crippen molar-refractivity contribution in [3.8, 4) is 0 Å². The average molecular weight is 248 g/mol. The summed E-state index contributed by atoms with van der Waals surface area (Å²) in [6.45, 7) is 9.84. The van der Waals surface area contributed by atoms with E-state index in [1.165, 1.54) is 6.42 Å². The molecule has 2 atom stereocenters. The zero-order valence-corrected chi connectivity index (χ0v) is 11.6. The molecule has 2 heterocycles. The summed E-state index contributed by atoms with van der Waals surface area (Å²) >= 11 is 0. The lowest BCUT2D eigenvalue weighted by molar-refractivity contribution is 0.100. The van der Waals surface area contributed by atoms with Gasteiger partial charge in [-0.05, 0) is 18.4 Å². The Morgan fingerprint density at radius 3 is 2.72 bits per heavy atom. The average Bonchev–Trinajstić information content (AvgIpc) is 2.39. The molecule has 1 aromatic rings. The Morgan fingerprint density at radius 1 is 1.39 bits per heavy atom. The number of aromatic nitrogens is 2. The fourth-order valence-corrected chi connectivity index (χ4v) is 2.52. The fourth-order valence-electron chi connectivity index (χ4n) is 2.52. The predicted molar refractivity (Wildman–Crippen MR) is 73.1 cm³/mol. The zero-order chi connectivity index (χ0) is 13.0. The highest BCUT2D eigenvalue weighted by Crippen LogP contribution is 2.16. The lowest BCUT2D eigenvalue weighted by Crippen LogP contribution is -2.57. The molecule has 1 saturated heterocycles. The third kappa shape index (κ3) is 3.27. The van der Waals surface area contributed by atoms with Gasteiger partial charge >= 0.3 is 0 Å². The quantitative estimate of drug-likeness (QED) is 0.880. The van der Waals surface area contributed by atoms with Crippen molar-refractivity contribution >= 4 is 0 Å². The molecule has 18 heavy (non-hydrogen) atoms. The molecule has 0 saturated carbocycles. The van der Waals surface area contributed by atoms with Crippen molar-refractivity contribution in [1.82, 2.24) is 20.2 Å². The number of hydrogen-bond acceptors (Lipinski definition) is 4. The molecule has 4 heteroatoms. The molecule has 2 rings (SSSR count). The first-order valence-corrected chi connectivity index (χ1v) is 6.94. The Bertz CT molecular complexity index is 352. The summed E-state index contributed by atoms with van der Waals surface area (Å²) in [4.78, 5) is 11.2. The number of piperazine rings is 1. The van der Waals surface area contributed by atoms with Crippen LogP contribution in [0.3, 0.4) is 0 Å². The van der Waals surface area contributed by atoms with Crippen LogP contribution in [-0.2, 0) is 6.54 Å². The van der Waals surface area contributed by atoms with Gasteiger partial charge in [0.25, 0.3) is 0 Å². The normalized spacial score (nSPS) is 25.6. The summed E-state index contributed by atoms with van der Waals surface area (Å²) in [5.41, 5.74) is 0. The standard InChI is InChI=1S/C14H24N4/c1-4-12-8-17-13(11(2)3)9-18(12)10-14-15-6-5-7-16-14/h5-7,11-13,17H,4,8-10H2,1-3H3. The number of nitrogens with one attached hydrogen (secondary N) is 1. The molecule has 0 spiro atoms. The highest BCUT2D eigenvalue weighted by molar-refractivity contribution is 4.93. The van der Waals surface area contributed by atoms with Gasteiger partial charge in [-0.2, -0.15) is 0 Å². The van der Waals surface area contributed by atoms with Crippen molar-refractivity contribution in [2.45, 2.75) is 45.8 Å². The van der Waals surface area contributed by atoms with Crippen molar-refractivity contribution in [3.05, 3.63) is 24.3 Å². The molecule has 4 nitrogen and oxygen atoms in total. The van der Waals surface area contributed by atoms with Crippen molar-refractivity contribution < 1.29 is 0 Å². The number of rotatable bonds is 4. The minimum absolute atomic E-state index is 0.580. The fraction of sp³-hybridized carbons (Fsp3) is 0.714. The molecule has 1 aliphatic heterocycles. The van der Waals surface area contributed by atoms with Crippen LogP contribution in [0.4, 0.5) is 0 Å². The highest BCUT2D eigenvalue weighted by atomic mass is 15.2. The summed E-state index contributed by atoms with van der Waals surface area (Å²) in [5, 5.41) is 3.65. The summed E-state index contributed by atoms with van der Waals surface area (Å²) in [5.74, 6) is 1.60. The van der Waals surface area contributed by atoms with Gasteiger partial charge in [-0.25, -0.2) is 9.97 Å². The van der Waals surface area contributed by atoms with Crippen molar-refractivity contribution in [3.63, 3.8) is 0 Å². The molecule has 1 aliphatic rings. The van der Waals surface area contributed by atoms with E-state index in [0.29, 0.717) is 18.0 Å². The van der Waals surface area contributed by atoms with Gasteiger partial charge in [-0.3, -0.25) is 4.90 Å². The molecular formula is C14H24N4. The molecule has 0 bridgehead atoms. The second-order valence-corrected chi connectivity index (χ2v) is 5.42. The molecule has 0 radical (unpaired) electrons. The third-order valence-electron chi connectivity index (χ3n) is 3.80. The van der Waals surface area contributed by atoms with Crippen LogP contribution >= 0.6 is 0 Å². The first kappa shape index (κ1) is 13.4. The second kappa shape index (κ2) is 6.25. The molecule has 0 aromatic carbocycles. The van der Waals surface area contributed by atoms with E-state index >= 15 is 0 Å². The van der Waals surface area contributed by atoms with Gasteiger partial charge in [0.2, 0.25) is 0 Å². The van der Waals surface area contributed by atoms with Crippen LogP contribution in [0.1, 0.15) is 33.0 Å². The van der Waals surface area contributed by atoms with E-state index in [2.05, 4.69) is 41.0 Å². The maximum atomic E-state index is 4.34. The van der Waals surface area contributed by atoms with Crippen LogP contribution in [0.2, 0.25) is 0 Å². The maximum absolute atomic E-state index is 4.34. The Hall–Kier alpha value is -1.00. The topological polar surface area (TPSA) is 41.0 Å². The second-order valence-electron chi connectivity index (χ2n) is 5.42. The minimum atomic E-state index is 0.580. The van der Waals surface area contributed by atoms with Gasteiger partial charge in [0.15, 0.2) is 0 Å². The maximum Gasteiger partial charge on any atom is 0.142 e. The third-order valence-corrected chi connectivity index (χ3v) is 3.80. The van der Waals surface area contributed by atoms with Crippen molar-refractivity contribution in [1.29, 1.82) is 0 Å². The van der Waals surface area contributed by atoms with Gasteiger partial charge in [-0.1, -0.05) is 20.8 Å². The summed E-state index contributed by atoms with van der Waals surface area (Å²) in [6, 6.07) is 3.05. The zero-order valence-electron chi connectivity index (χ0n) is 11.6. The van der Waals surface area contributed by atoms with E-state index in [1.807, 2.05) is 18.5 Å². The lowest BCUT2D eigenvalue weighted by atomic mass is 9.98. The van der Waals surface area contributed by atoms with E-state index < -0.39 is 0 Å². The Balaban J connectivity index is 2.02. The molecule has 100 valence electrons. The van der Waals surface area contributed by atoms with Crippen LogP contribution in [0.5, 0.6) is 0 Å². The molecule has 2 unspecified atom stereocenters. The largest absolute Gasteiger partial charge is 0.311 e. The van der Waals surface area contributed by atoms with Gasteiger partial charge in [-0.15, -0.1) is 0 Å². The smallest absolute Gasteiger partial charge is 0.142 e. The Labute approximate surface area is 110 Å². The highest BCUT2D eigenvalue weighted by Gasteiger charge is 2.28. The molecule has 0 aliphatic carbocycles. The van der Waals surface area contributed by atoms with E-state index in [0.717, 1.165) is 25.5 Å². The van der Waals surface area contributed by atoms with Crippen LogP contribution in [0.15, 0.2) is 18.5 Å². The van der Waals surface area contributed by atoms with Crippen molar-refractivity contribution in [2.24, 2.45) is 5.92 Å². The van der Waals surface area contributed by atoms with E-state index in [9.17, 15) is 0 Å². The monoisotopic (exact) mass is 248 g/mol. The number of hydrogen-bond donors (Lipinski definition) is 1. The Kier molecular flexibility index (Phi) is 4.66. The van der Waals surface area contributed by atoms with Crippen LogP contribution in [0, 0.1) is 5.92 Å². The number of nitrogens with zero attached hydrogens (tertiary/aromatic N) is 3. The van der Waals surface area contributed by atoms with Gasteiger partial charge in [0.05, 0.1) is 6.54 Å². The molecular weight excluding hydrogens is 224 g/mol. The summed E-state index contributed by atoms with van der Waals surface area (Å²) < 4.78 is 0. The first-order chi connectivity index (χ1) is 8.70.